The minimum Gasteiger partial charge on any atom is -0.355 e. The van der Waals surface area contributed by atoms with Gasteiger partial charge in [0.05, 0.1) is 3.79 Å². The average molecular weight is 374 g/mol. The molecular weight excluding hydrogens is 350 g/mol. The van der Waals surface area contributed by atoms with E-state index >= 15 is 0 Å². The molecule has 1 fully saturated rings. The van der Waals surface area contributed by atoms with Crippen LogP contribution in [-0.4, -0.2) is 43.5 Å². The van der Waals surface area contributed by atoms with E-state index in [0.717, 1.165) is 45.2 Å². The molecule has 0 spiro atoms. The third-order valence-electron chi connectivity index (χ3n) is 3.73. The lowest BCUT2D eigenvalue weighted by Crippen LogP contribution is -2.40. The second-order valence-electron chi connectivity index (χ2n) is 5.64. The summed E-state index contributed by atoms with van der Waals surface area (Å²) in [6.07, 6.45) is 2.58. The number of carbonyl (C=O) groups is 1. The summed E-state index contributed by atoms with van der Waals surface area (Å²) in [6.45, 7) is 7.54. The summed E-state index contributed by atoms with van der Waals surface area (Å²) in [5.41, 5.74) is 0. The molecule has 1 aliphatic heterocycles. The number of hydrogen-bond acceptors (Lipinski definition) is 4. The summed E-state index contributed by atoms with van der Waals surface area (Å²) < 4.78 is 1.18. The van der Waals surface area contributed by atoms with Gasteiger partial charge in [0, 0.05) is 38.0 Å². The quantitative estimate of drug-likeness (QED) is 0.771. The minimum atomic E-state index is 0.0492. The smallest absolute Gasteiger partial charge is 0.216 e. The number of nitrogens with zero attached hydrogens (tertiary/aromatic N) is 1. The third-order valence-corrected chi connectivity index (χ3v) is 5.33. The minimum absolute atomic E-state index is 0.0492. The van der Waals surface area contributed by atoms with Gasteiger partial charge in [0.2, 0.25) is 5.91 Å². The molecule has 1 atom stereocenters. The van der Waals surface area contributed by atoms with Gasteiger partial charge in [0.15, 0.2) is 0 Å². The van der Waals surface area contributed by atoms with E-state index in [4.69, 9.17) is 0 Å². The van der Waals surface area contributed by atoms with Gasteiger partial charge in [-0.2, -0.15) is 0 Å². The van der Waals surface area contributed by atoms with Gasteiger partial charge in [0.1, 0.15) is 0 Å². The molecule has 0 aromatic carbocycles. The number of carbonyl (C=O) groups excluding carboxylic acids is 1. The maximum absolute atomic E-state index is 11.0. The molecule has 6 heteroatoms. The van der Waals surface area contributed by atoms with Crippen LogP contribution in [0.4, 0.5) is 0 Å². The van der Waals surface area contributed by atoms with Crippen molar-refractivity contribution in [3.8, 4) is 0 Å². The number of rotatable bonds is 7. The van der Waals surface area contributed by atoms with Crippen molar-refractivity contribution in [3.05, 3.63) is 20.8 Å². The fourth-order valence-corrected chi connectivity index (χ4v) is 4.25. The molecular formula is C15H24BrN3OS. The zero-order valence-corrected chi connectivity index (χ0v) is 14.9. The molecule has 1 aromatic rings. The molecule has 1 amide bonds. The number of thiophene rings is 1. The Kier molecular flexibility index (Phi) is 7.16. The van der Waals surface area contributed by atoms with E-state index in [2.05, 4.69) is 43.6 Å². The topological polar surface area (TPSA) is 44.4 Å². The van der Waals surface area contributed by atoms with Crippen LogP contribution in [0.3, 0.4) is 0 Å². The largest absolute Gasteiger partial charge is 0.355 e. The first kappa shape index (κ1) is 16.9. The lowest BCUT2D eigenvalue weighted by molar-refractivity contribution is -0.119. The van der Waals surface area contributed by atoms with Crippen molar-refractivity contribution in [3.63, 3.8) is 0 Å². The molecule has 1 unspecified atom stereocenters. The first-order valence-electron chi connectivity index (χ1n) is 7.55. The Morgan fingerprint density at radius 2 is 2.43 bits per heavy atom. The predicted octanol–water partition coefficient (Wildman–Crippen LogP) is 2.45. The van der Waals surface area contributed by atoms with Crippen LogP contribution in [0, 0.1) is 5.92 Å². The van der Waals surface area contributed by atoms with Gasteiger partial charge in [-0.1, -0.05) is 0 Å². The maximum Gasteiger partial charge on any atom is 0.216 e. The molecule has 0 radical (unpaired) electrons. The van der Waals surface area contributed by atoms with Crippen LogP contribution in [0.5, 0.6) is 0 Å². The van der Waals surface area contributed by atoms with E-state index < -0.39 is 0 Å². The molecule has 118 valence electrons. The van der Waals surface area contributed by atoms with E-state index in [-0.39, 0.29) is 5.91 Å². The van der Waals surface area contributed by atoms with Crippen LogP contribution >= 0.6 is 27.3 Å². The normalized spacial score (nSPS) is 18.9. The zero-order valence-electron chi connectivity index (χ0n) is 12.5. The van der Waals surface area contributed by atoms with Crippen molar-refractivity contribution in [1.82, 2.24) is 15.5 Å². The Morgan fingerprint density at radius 3 is 3.05 bits per heavy atom. The Morgan fingerprint density at radius 1 is 1.57 bits per heavy atom. The summed E-state index contributed by atoms with van der Waals surface area (Å²) in [7, 11) is 0. The molecule has 2 N–H and O–H groups in total. The highest BCUT2D eigenvalue weighted by atomic mass is 79.9. The number of amides is 1. The maximum atomic E-state index is 11.0. The molecule has 1 aromatic heterocycles. The summed E-state index contributed by atoms with van der Waals surface area (Å²) in [6, 6.07) is 4.29. The first-order valence-corrected chi connectivity index (χ1v) is 9.16. The molecule has 4 nitrogen and oxygen atoms in total. The molecule has 1 aliphatic rings. The standard InChI is InChI=1S/C15H24BrN3OS/c1-12(20)18-7-8-19(10-13-3-2-6-17-9-13)11-14-4-5-15(16)21-14/h4-5,13,17H,2-3,6-11H2,1H3,(H,18,20). The van der Waals surface area contributed by atoms with Crippen LogP contribution < -0.4 is 10.6 Å². The van der Waals surface area contributed by atoms with Crippen LogP contribution in [0.15, 0.2) is 15.9 Å². The molecule has 1 saturated heterocycles. The Balaban J connectivity index is 1.86. The van der Waals surface area contributed by atoms with Crippen molar-refractivity contribution < 1.29 is 4.79 Å². The predicted molar refractivity (Wildman–Crippen MR) is 91.6 cm³/mol. The molecule has 0 aliphatic carbocycles. The first-order chi connectivity index (χ1) is 10.1. The molecule has 2 heterocycles. The molecule has 21 heavy (non-hydrogen) atoms. The molecule has 0 bridgehead atoms. The van der Waals surface area contributed by atoms with Crippen LogP contribution in [0.1, 0.15) is 24.6 Å². The second kappa shape index (κ2) is 8.88. The fourth-order valence-electron chi connectivity index (χ4n) is 2.73. The summed E-state index contributed by atoms with van der Waals surface area (Å²) in [4.78, 5) is 14.9. The van der Waals surface area contributed by atoms with E-state index in [0.29, 0.717) is 0 Å². The third kappa shape index (κ3) is 6.46. The van der Waals surface area contributed by atoms with Crippen molar-refractivity contribution >= 4 is 33.2 Å². The van der Waals surface area contributed by atoms with E-state index in [9.17, 15) is 4.79 Å². The summed E-state index contributed by atoms with van der Waals surface area (Å²) >= 11 is 5.32. The van der Waals surface area contributed by atoms with E-state index in [1.165, 1.54) is 21.5 Å². The van der Waals surface area contributed by atoms with Gasteiger partial charge in [-0.25, -0.2) is 0 Å². The molecule has 0 saturated carbocycles. The Bertz CT molecular complexity index is 446. The van der Waals surface area contributed by atoms with Gasteiger partial charge in [-0.3, -0.25) is 9.69 Å². The highest BCUT2D eigenvalue weighted by molar-refractivity contribution is 9.11. The van der Waals surface area contributed by atoms with E-state index in [1.807, 2.05) is 0 Å². The van der Waals surface area contributed by atoms with Crippen LogP contribution in [0.2, 0.25) is 0 Å². The van der Waals surface area contributed by atoms with Crippen LogP contribution in [0.25, 0.3) is 0 Å². The Hall–Kier alpha value is -0.430. The molecule has 2 rings (SSSR count). The summed E-state index contributed by atoms with van der Waals surface area (Å²) in [5, 5.41) is 6.38. The monoisotopic (exact) mass is 373 g/mol. The van der Waals surface area contributed by atoms with E-state index in [1.54, 1.807) is 18.3 Å². The van der Waals surface area contributed by atoms with Crippen molar-refractivity contribution in [2.45, 2.75) is 26.3 Å². The Labute approximate surface area is 139 Å². The number of halogens is 1. The zero-order chi connectivity index (χ0) is 15.1. The number of hydrogen-bond donors (Lipinski definition) is 2. The van der Waals surface area contributed by atoms with Gasteiger partial charge in [0.25, 0.3) is 0 Å². The van der Waals surface area contributed by atoms with Gasteiger partial charge in [-0.15, -0.1) is 11.3 Å². The lowest BCUT2D eigenvalue weighted by atomic mass is 9.99. The summed E-state index contributed by atoms with van der Waals surface area (Å²) in [5.74, 6) is 0.771. The fraction of sp³-hybridized carbons (Fsp3) is 0.667. The average Bonchev–Trinajstić information content (AvgIpc) is 2.85. The number of nitrogens with one attached hydrogen (secondary N) is 2. The second-order valence-corrected chi connectivity index (χ2v) is 8.18. The van der Waals surface area contributed by atoms with Crippen molar-refractivity contribution in [1.29, 1.82) is 0 Å². The lowest BCUT2D eigenvalue weighted by Gasteiger charge is -2.30. The van der Waals surface area contributed by atoms with Gasteiger partial charge in [-0.05, 0) is 59.9 Å². The van der Waals surface area contributed by atoms with Crippen molar-refractivity contribution in [2.75, 3.05) is 32.7 Å². The van der Waals surface area contributed by atoms with Gasteiger partial charge >= 0.3 is 0 Å². The van der Waals surface area contributed by atoms with Crippen molar-refractivity contribution in [2.24, 2.45) is 5.92 Å². The highest BCUT2D eigenvalue weighted by Crippen LogP contribution is 2.24. The number of piperidine rings is 1. The van der Waals surface area contributed by atoms with Crippen LogP contribution in [-0.2, 0) is 11.3 Å². The van der Waals surface area contributed by atoms with Gasteiger partial charge < -0.3 is 10.6 Å². The SMILES string of the molecule is CC(=O)NCCN(Cc1ccc(Br)s1)CC1CCCNC1. The highest BCUT2D eigenvalue weighted by Gasteiger charge is 2.17.